The Morgan fingerprint density at radius 2 is 2.15 bits per heavy atom. The first-order chi connectivity index (χ1) is 9.65. The largest absolute Gasteiger partial charge is 0.366 e. The molecule has 0 fully saturated rings. The summed E-state index contributed by atoms with van der Waals surface area (Å²) in [6.45, 7) is 0. The molecule has 7 heteroatoms. The van der Waals surface area contributed by atoms with Crippen molar-refractivity contribution in [3.63, 3.8) is 0 Å². The van der Waals surface area contributed by atoms with Gasteiger partial charge in [0.25, 0.3) is 11.8 Å². The summed E-state index contributed by atoms with van der Waals surface area (Å²) in [4.78, 5) is 23.4. The maximum absolute atomic E-state index is 12.2. The molecule has 6 nitrogen and oxygen atoms in total. The van der Waals surface area contributed by atoms with E-state index < -0.39 is 5.91 Å². The zero-order valence-electron chi connectivity index (χ0n) is 10.2. The maximum Gasteiger partial charge on any atom is 0.256 e. The minimum absolute atomic E-state index is 0.300. The number of hydrogen-bond acceptors (Lipinski definition) is 4. The molecule has 0 aliphatic rings. The lowest BCUT2D eigenvalue weighted by Gasteiger charge is -2.04. The Labute approximate surface area is 117 Å². The van der Waals surface area contributed by atoms with Crippen LogP contribution in [0.4, 0.5) is 5.00 Å². The fourth-order valence-corrected chi connectivity index (χ4v) is 2.64. The van der Waals surface area contributed by atoms with E-state index in [0.717, 1.165) is 10.9 Å². The Morgan fingerprint density at radius 1 is 1.30 bits per heavy atom. The van der Waals surface area contributed by atoms with Crippen LogP contribution in [0.2, 0.25) is 0 Å². The molecule has 0 unspecified atom stereocenters. The molecule has 2 aromatic heterocycles. The number of amides is 2. The van der Waals surface area contributed by atoms with E-state index in [4.69, 9.17) is 5.73 Å². The fourth-order valence-electron chi connectivity index (χ4n) is 1.85. The maximum atomic E-state index is 12.2. The van der Waals surface area contributed by atoms with Gasteiger partial charge in [-0.3, -0.25) is 14.7 Å². The summed E-state index contributed by atoms with van der Waals surface area (Å²) in [5, 5.41) is 12.5. The van der Waals surface area contributed by atoms with Gasteiger partial charge in [-0.05, 0) is 23.6 Å². The number of hydrogen-bond donors (Lipinski definition) is 3. The first-order valence-electron chi connectivity index (χ1n) is 5.77. The highest BCUT2D eigenvalue weighted by atomic mass is 32.1. The lowest BCUT2D eigenvalue weighted by molar-refractivity contribution is 0.100. The first-order valence-corrected chi connectivity index (χ1v) is 6.65. The summed E-state index contributed by atoms with van der Waals surface area (Å²) < 4.78 is 0. The Kier molecular flexibility index (Phi) is 2.96. The van der Waals surface area contributed by atoms with Crippen LogP contribution in [0, 0.1) is 0 Å². The molecule has 0 radical (unpaired) electrons. The summed E-state index contributed by atoms with van der Waals surface area (Å²) in [5.41, 5.74) is 6.80. The molecule has 0 bridgehead atoms. The third-order valence-corrected chi connectivity index (χ3v) is 3.69. The van der Waals surface area contributed by atoms with Crippen molar-refractivity contribution >= 4 is 39.1 Å². The topological polar surface area (TPSA) is 101 Å². The van der Waals surface area contributed by atoms with Crippen molar-refractivity contribution in [2.45, 2.75) is 0 Å². The number of thiophene rings is 1. The lowest BCUT2D eigenvalue weighted by Crippen LogP contribution is -2.16. The van der Waals surface area contributed by atoms with Crippen LogP contribution >= 0.6 is 11.3 Å². The van der Waals surface area contributed by atoms with Gasteiger partial charge in [-0.15, -0.1) is 11.3 Å². The summed E-state index contributed by atoms with van der Waals surface area (Å²) in [7, 11) is 0. The van der Waals surface area contributed by atoms with Crippen molar-refractivity contribution in [1.29, 1.82) is 0 Å². The number of primary amides is 1. The minimum atomic E-state index is -0.564. The van der Waals surface area contributed by atoms with Crippen molar-refractivity contribution < 1.29 is 9.59 Å². The highest BCUT2D eigenvalue weighted by Crippen LogP contribution is 2.23. The van der Waals surface area contributed by atoms with Crippen LogP contribution in [0.25, 0.3) is 10.9 Å². The summed E-state index contributed by atoms with van der Waals surface area (Å²) >= 11 is 1.25. The molecule has 3 rings (SSSR count). The Bertz CT molecular complexity index is 805. The molecule has 0 atom stereocenters. The molecule has 0 aliphatic heterocycles. The number of fused-ring (bicyclic) bond motifs is 1. The molecule has 3 aromatic rings. The predicted molar refractivity (Wildman–Crippen MR) is 76.9 cm³/mol. The van der Waals surface area contributed by atoms with E-state index in [0.29, 0.717) is 16.1 Å². The van der Waals surface area contributed by atoms with E-state index >= 15 is 0 Å². The third-order valence-electron chi connectivity index (χ3n) is 2.86. The number of nitrogens with two attached hydrogens (primary N) is 1. The number of H-pyrrole nitrogens is 1. The number of aromatic nitrogens is 2. The molecule has 4 N–H and O–H groups in total. The average Bonchev–Trinajstić information content (AvgIpc) is 3.05. The summed E-state index contributed by atoms with van der Waals surface area (Å²) in [6, 6.07) is 6.79. The van der Waals surface area contributed by atoms with Gasteiger partial charge in [0.05, 0.1) is 17.3 Å². The molecule has 0 aliphatic carbocycles. The van der Waals surface area contributed by atoms with Gasteiger partial charge in [0.2, 0.25) is 0 Å². The lowest BCUT2D eigenvalue weighted by atomic mass is 10.1. The Balaban J connectivity index is 1.88. The van der Waals surface area contributed by atoms with Crippen LogP contribution in [-0.4, -0.2) is 22.0 Å². The van der Waals surface area contributed by atoms with Crippen molar-refractivity contribution in [3.8, 4) is 0 Å². The second-order valence-electron chi connectivity index (χ2n) is 4.15. The minimum Gasteiger partial charge on any atom is -0.366 e. The van der Waals surface area contributed by atoms with Gasteiger partial charge in [-0.2, -0.15) is 5.10 Å². The van der Waals surface area contributed by atoms with Crippen molar-refractivity contribution in [2.75, 3.05) is 5.32 Å². The second-order valence-corrected chi connectivity index (χ2v) is 5.07. The molecule has 100 valence electrons. The number of carbonyl (C=O) groups excluding carboxylic acids is 2. The molecule has 20 heavy (non-hydrogen) atoms. The van der Waals surface area contributed by atoms with E-state index in [1.807, 2.05) is 0 Å². The van der Waals surface area contributed by atoms with E-state index in [1.54, 1.807) is 35.8 Å². The molecule has 2 heterocycles. The van der Waals surface area contributed by atoms with Crippen LogP contribution in [0.3, 0.4) is 0 Å². The van der Waals surface area contributed by atoms with E-state index in [-0.39, 0.29) is 5.91 Å². The van der Waals surface area contributed by atoms with Crippen molar-refractivity contribution in [2.24, 2.45) is 5.73 Å². The highest BCUT2D eigenvalue weighted by molar-refractivity contribution is 7.14. The first kappa shape index (κ1) is 12.4. The van der Waals surface area contributed by atoms with Gasteiger partial charge in [0, 0.05) is 10.9 Å². The Hall–Kier alpha value is -2.67. The van der Waals surface area contributed by atoms with Gasteiger partial charge in [0.15, 0.2) is 0 Å². The number of benzene rings is 1. The second kappa shape index (κ2) is 4.78. The zero-order chi connectivity index (χ0) is 14.1. The predicted octanol–water partition coefficient (Wildman–Crippen LogP) is 1.98. The number of carbonyl (C=O) groups is 2. The van der Waals surface area contributed by atoms with E-state index in [2.05, 4.69) is 15.5 Å². The number of nitrogens with one attached hydrogen (secondary N) is 2. The van der Waals surface area contributed by atoms with Crippen LogP contribution in [-0.2, 0) is 0 Å². The zero-order valence-corrected chi connectivity index (χ0v) is 11.0. The quantitative estimate of drug-likeness (QED) is 0.686. The molecule has 0 saturated carbocycles. The molecule has 0 spiro atoms. The van der Waals surface area contributed by atoms with Gasteiger partial charge >= 0.3 is 0 Å². The van der Waals surface area contributed by atoms with Gasteiger partial charge in [-0.1, -0.05) is 6.07 Å². The molecular weight excluding hydrogens is 276 g/mol. The average molecular weight is 286 g/mol. The number of anilines is 1. The number of rotatable bonds is 3. The van der Waals surface area contributed by atoms with Crippen LogP contribution in [0.1, 0.15) is 20.7 Å². The Morgan fingerprint density at radius 3 is 2.95 bits per heavy atom. The smallest absolute Gasteiger partial charge is 0.256 e. The van der Waals surface area contributed by atoms with E-state index in [1.165, 1.54) is 11.3 Å². The summed E-state index contributed by atoms with van der Waals surface area (Å²) in [6.07, 6.45) is 1.68. The fraction of sp³-hybridized carbons (Fsp3) is 0. The third kappa shape index (κ3) is 2.14. The van der Waals surface area contributed by atoms with Gasteiger partial charge in [0.1, 0.15) is 5.00 Å². The van der Waals surface area contributed by atoms with Crippen molar-refractivity contribution in [3.05, 3.63) is 47.0 Å². The SMILES string of the molecule is NC(=O)c1ccsc1NC(=O)c1ccc2cn[nH]c2c1. The molecule has 2 amide bonds. The van der Waals surface area contributed by atoms with Crippen LogP contribution in [0.5, 0.6) is 0 Å². The summed E-state index contributed by atoms with van der Waals surface area (Å²) in [5.74, 6) is -0.864. The van der Waals surface area contributed by atoms with Gasteiger partial charge in [-0.25, -0.2) is 0 Å². The molecular formula is C13H10N4O2S. The number of aromatic amines is 1. The standard InChI is InChI=1S/C13H10N4O2S/c14-11(18)9-3-4-20-13(9)16-12(19)7-1-2-8-6-15-17-10(8)5-7/h1-6H,(H2,14,18)(H,15,17)(H,16,19). The molecule has 1 aromatic carbocycles. The van der Waals surface area contributed by atoms with E-state index in [9.17, 15) is 9.59 Å². The van der Waals surface area contributed by atoms with Crippen LogP contribution < -0.4 is 11.1 Å². The molecule has 0 saturated heterocycles. The number of nitrogens with zero attached hydrogens (tertiary/aromatic N) is 1. The van der Waals surface area contributed by atoms with Gasteiger partial charge < -0.3 is 11.1 Å². The van der Waals surface area contributed by atoms with Crippen LogP contribution in [0.15, 0.2) is 35.8 Å². The van der Waals surface area contributed by atoms with Crippen molar-refractivity contribution in [1.82, 2.24) is 10.2 Å². The normalized spacial score (nSPS) is 10.6. The monoisotopic (exact) mass is 286 g/mol. The highest BCUT2D eigenvalue weighted by Gasteiger charge is 2.14.